The molecule has 1 heterocycles. The van der Waals surface area contributed by atoms with E-state index in [0.29, 0.717) is 12.1 Å². The molecule has 0 radical (unpaired) electrons. The normalized spacial score (nSPS) is 41.4. The third-order valence-corrected chi connectivity index (χ3v) is 2.92. The highest BCUT2D eigenvalue weighted by Crippen LogP contribution is 2.20. The Morgan fingerprint density at radius 1 is 1.17 bits per heavy atom. The van der Waals surface area contributed by atoms with Gasteiger partial charge in [0.1, 0.15) is 6.04 Å². The molecular formula is C9H15N3. The Balaban J connectivity index is 1.95. The first-order chi connectivity index (χ1) is 5.90. The van der Waals surface area contributed by atoms with Crippen molar-refractivity contribution < 1.29 is 0 Å². The topological polar surface area (TPSA) is 47.9 Å². The zero-order valence-electron chi connectivity index (χ0n) is 7.21. The summed E-state index contributed by atoms with van der Waals surface area (Å²) in [5, 5.41) is 15.5. The number of fused-ring (bicyclic) bond motifs is 1. The molecule has 1 aliphatic carbocycles. The van der Waals surface area contributed by atoms with Crippen LogP contribution in [-0.4, -0.2) is 24.7 Å². The number of rotatable bonds is 0. The zero-order chi connectivity index (χ0) is 8.39. The quantitative estimate of drug-likeness (QED) is 0.545. The molecule has 1 saturated carbocycles. The SMILES string of the molecule is N#C[C@@H]1CN[C@@H]2CCCC[C@H]2N1. The first-order valence-corrected chi connectivity index (χ1v) is 4.79. The predicted octanol–water partition coefficient (Wildman–Crippen LogP) is 0.383. The van der Waals surface area contributed by atoms with Crippen molar-refractivity contribution in [2.75, 3.05) is 6.54 Å². The number of nitriles is 1. The van der Waals surface area contributed by atoms with Gasteiger partial charge < -0.3 is 5.32 Å². The average Bonchev–Trinajstić information content (AvgIpc) is 2.17. The van der Waals surface area contributed by atoms with Crippen LogP contribution in [0.1, 0.15) is 25.7 Å². The van der Waals surface area contributed by atoms with E-state index in [9.17, 15) is 0 Å². The molecule has 3 heteroatoms. The van der Waals surface area contributed by atoms with Crippen LogP contribution in [0.2, 0.25) is 0 Å². The van der Waals surface area contributed by atoms with Gasteiger partial charge in [-0.1, -0.05) is 12.8 Å². The monoisotopic (exact) mass is 165 g/mol. The minimum atomic E-state index is 0.0318. The second-order valence-electron chi connectivity index (χ2n) is 3.75. The summed E-state index contributed by atoms with van der Waals surface area (Å²) in [6, 6.07) is 3.48. The molecule has 0 spiro atoms. The maximum atomic E-state index is 8.73. The van der Waals surface area contributed by atoms with Crippen LogP contribution in [0.4, 0.5) is 0 Å². The highest BCUT2D eigenvalue weighted by molar-refractivity contribution is 5.02. The largest absolute Gasteiger partial charge is 0.310 e. The minimum Gasteiger partial charge on any atom is -0.310 e. The summed E-state index contributed by atoms with van der Waals surface area (Å²) >= 11 is 0. The molecule has 0 aromatic heterocycles. The van der Waals surface area contributed by atoms with Gasteiger partial charge in [0.15, 0.2) is 0 Å². The standard InChI is InChI=1S/C9H15N3/c10-5-7-6-11-8-3-1-2-4-9(8)12-7/h7-9,11-12H,1-4,6H2/t7-,8-,9-/m1/s1. The summed E-state index contributed by atoms with van der Waals surface area (Å²) < 4.78 is 0. The zero-order valence-corrected chi connectivity index (χ0v) is 7.21. The van der Waals surface area contributed by atoms with E-state index in [-0.39, 0.29) is 6.04 Å². The van der Waals surface area contributed by atoms with Crippen LogP contribution in [0.15, 0.2) is 0 Å². The Bertz CT molecular complexity index is 196. The third kappa shape index (κ3) is 1.45. The van der Waals surface area contributed by atoms with Gasteiger partial charge >= 0.3 is 0 Å². The molecule has 2 N–H and O–H groups in total. The lowest BCUT2D eigenvalue weighted by molar-refractivity contribution is 0.231. The number of piperazine rings is 1. The lowest BCUT2D eigenvalue weighted by Crippen LogP contribution is -2.61. The van der Waals surface area contributed by atoms with Gasteiger partial charge in [0, 0.05) is 18.6 Å². The van der Waals surface area contributed by atoms with Gasteiger partial charge in [-0.05, 0) is 12.8 Å². The van der Waals surface area contributed by atoms with Gasteiger partial charge in [-0.25, -0.2) is 0 Å². The Hall–Kier alpha value is -0.590. The van der Waals surface area contributed by atoms with Crippen molar-refractivity contribution in [1.82, 2.24) is 10.6 Å². The van der Waals surface area contributed by atoms with Crippen LogP contribution in [0.25, 0.3) is 0 Å². The van der Waals surface area contributed by atoms with Crippen molar-refractivity contribution in [3.8, 4) is 6.07 Å². The highest BCUT2D eigenvalue weighted by Gasteiger charge is 2.30. The van der Waals surface area contributed by atoms with E-state index in [1.807, 2.05) is 0 Å². The molecule has 0 unspecified atom stereocenters. The molecule has 0 aromatic rings. The fraction of sp³-hybridized carbons (Fsp3) is 0.889. The Morgan fingerprint density at radius 2 is 1.92 bits per heavy atom. The molecule has 0 aromatic carbocycles. The summed E-state index contributed by atoms with van der Waals surface area (Å²) in [6.45, 7) is 0.817. The van der Waals surface area contributed by atoms with Crippen LogP contribution in [-0.2, 0) is 0 Å². The van der Waals surface area contributed by atoms with Crippen molar-refractivity contribution in [3.63, 3.8) is 0 Å². The molecule has 0 bridgehead atoms. The van der Waals surface area contributed by atoms with E-state index >= 15 is 0 Å². The van der Waals surface area contributed by atoms with Gasteiger partial charge in [-0.3, -0.25) is 5.32 Å². The number of hydrogen-bond acceptors (Lipinski definition) is 3. The minimum absolute atomic E-state index is 0.0318. The highest BCUT2D eigenvalue weighted by atomic mass is 15.1. The molecule has 2 aliphatic rings. The van der Waals surface area contributed by atoms with Gasteiger partial charge in [-0.15, -0.1) is 0 Å². The molecule has 12 heavy (non-hydrogen) atoms. The lowest BCUT2D eigenvalue weighted by atomic mass is 9.88. The molecule has 3 atom stereocenters. The van der Waals surface area contributed by atoms with E-state index in [0.717, 1.165) is 6.54 Å². The summed E-state index contributed by atoms with van der Waals surface area (Å²) in [6.07, 6.45) is 5.16. The van der Waals surface area contributed by atoms with Crippen molar-refractivity contribution in [2.24, 2.45) is 0 Å². The maximum absolute atomic E-state index is 8.73. The number of hydrogen-bond donors (Lipinski definition) is 2. The van der Waals surface area contributed by atoms with Crippen LogP contribution < -0.4 is 10.6 Å². The molecule has 2 fully saturated rings. The van der Waals surface area contributed by atoms with E-state index in [2.05, 4.69) is 16.7 Å². The van der Waals surface area contributed by atoms with E-state index in [4.69, 9.17) is 5.26 Å². The number of nitrogens with one attached hydrogen (secondary N) is 2. The van der Waals surface area contributed by atoms with Gasteiger partial charge in [0.2, 0.25) is 0 Å². The Morgan fingerprint density at radius 3 is 2.67 bits per heavy atom. The second-order valence-corrected chi connectivity index (χ2v) is 3.75. The van der Waals surface area contributed by atoms with Crippen LogP contribution >= 0.6 is 0 Å². The molecule has 3 nitrogen and oxygen atoms in total. The fourth-order valence-corrected chi connectivity index (χ4v) is 2.24. The van der Waals surface area contributed by atoms with Gasteiger partial charge in [0.05, 0.1) is 6.07 Å². The fourth-order valence-electron chi connectivity index (χ4n) is 2.24. The Labute approximate surface area is 73.1 Å². The van der Waals surface area contributed by atoms with Crippen LogP contribution in [0.5, 0.6) is 0 Å². The van der Waals surface area contributed by atoms with E-state index in [1.165, 1.54) is 25.7 Å². The molecule has 1 saturated heterocycles. The van der Waals surface area contributed by atoms with E-state index < -0.39 is 0 Å². The summed E-state index contributed by atoms with van der Waals surface area (Å²) in [4.78, 5) is 0. The summed E-state index contributed by atoms with van der Waals surface area (Å²) in [5.41, 5.74) is 0. The first-order valence-electron chi connectivity index (χ1n) is 4.79. The van der Waals surface area contributed by atoms with E-state index in [1.54, 1.807) is 0 Å². The molecular weight excluding hydrogens is 150 g/mol. The molecule has 1 aliphatic heterocycles. The van der Waals surface area contributed by atoms with Crippen molar-refractivity contribution in [1.29, 1.82) is 5.26 Å². The van der Waals surface area contributed by atoms with Crippen molar-refractivity contribution >= 4 is 0 Å². The lowest BCUT2D eigenvalue weighted by Gasteiger charge is -2.39. The van der Waals surface area contributed by atoms with Crippen LogP contribution in [0, 0.1) is 11.3 Å². The average molecular weight is 165 g/mol. The van der Waals surface area contributed by atoms with Crippen molar-refractivity contribution in [2.45, 2.75) is 43.8 Å². The second kappa shape index (κ2) is 3.42. The maximum Gasteiger partial charge on any atom is 0.108 e. The molecule has 2 rings (SSSR count). The van der Waals surface area contributed by atoms with Gasteiger partial charge in [0.25, 0.3) is 0 Å². The Kier molecular flexibility index (Phi) is 2.29. The first kappa shape index (κ1) is 8.03. The number of nitrogens with zero attached hydrogens (tertiary/aromatic N) is 1. The van der Waals surface area contributed by atoms with Crippen LogP contribution in [0.3, 0.4) is 0 Å². The summed E-state index contributed by atoms with van der Waals surface area (Å²) in [7, 11) is 0. The van der Waals surface area contributed by atoms with Crippen molar-refractivity contribution in [3.05, 3.63) is 0 Å². The molecule has 66 valence electrons. The molecule has 0 amide bonds. The predicted molar refractivity (Wildman–Crippen MR) is 46.6 cm³/mol. The third-order valence-electron chi connectivity index (χ3n) is 2.92. The van der Waals surface area contributed by atoms with Gasteiger partial charge in [-0.2, -0.15) is 5.26 Å². The summed E-state index contributed by atoms with van der Waals surface area (Å²) in [5.74, 6) is 0. The smallest absolute Gasteiger partial charge is 0.108 e.